The number of aromatic carboxylic acids is 1. The lowest BCUT2D eigenvalue weighted by Crippen LogP contribution is -2.45. The maximum absolute atomic E-state index is 13.5. The molecule has 65 heavy (non-hydrogen) atoms. The maximum atomic E-state index is 13.5. The van der Waals surface area contributed by atoms with E-state index in [1.807, 2.05) is 37.3 Å². The molecule has 15 nitrogen and oxygen atoms in total. The van der Waals surface area contributed by atoms with Gasteiger partial charge < -0.3 is 39.0 Å². The summed E-state index contributed by atoms with van der Waals surface area (Å²) >= 11 is 0. The van der Waals surface area contributed by atoms with Crippen molar-refractivity contribution in [2.24, 2.45) is 10.2 Å². The molecular weight excluding hydrogens is 827 g/mol. The number of amidine groups is 2. The van der Waals surface area contributed by atoms with E-state index in [1.54, 1.807) is 6.07 Å². The van der Waals surface area contributed by atoms with Crippen LogP contribution < -0.4 is 45.7 Å². The van der Waals surface area contributed by atoms with E-state index in [2.05, 4.69) is 48.0 Å². The largest absolute Gasteiger partial charge is 0.491 e. The SMILES string of the molecule is CC1=NN=C(c2ccc(OCCOCCOCCOCCNC(=O)c3ccc(C4=c5cc6c7c(c5Oc5c4cc4c8c5CCCN8CCC4)CCC[N+]=7CCC6)c(C(=O)O)c3)cc2)NN1. The van der Waals surface area contributed by atoms with Gasteiger partial charge in [-0.2, -0.15) is 0 Å². The van der Waals surface area contributed by atoms with E-state index < -0.39 is 5.97 Å². The number of carbonyl (C=O) groups excluding carboxylic acids is 1. The summed E-state index contributed by atoms with van der Waals surface area (Å²) in [4.78, 5) is 29.2. The maximum Gasteiger partial charge on any atom is 0.336 e. The van der Waals surface area contributed by atoms with Crippen LogP contribution in [0.3, 0.4) is 0 Å². The number of anilines is 1. The van der Waals surface area contributed by atoms with E-state index in [-0.39, 0.29) is 30.2 Å². The molecule has 0 saturated heterocycles. The summed E-state index contributed by atoms with van der Waals surface area (Å²) in [5.74, 6) is 2.36. The van der Waals surface area contributed by atoms with Crippen molar-refractivity contribution in [3.8, 4) is 17.2 Å². The molecule has 0 bridgehead atoms. The molecule has 0 spiro atoms. The van der Waals surface area contributed by atoms with E-state index in [9.17, 15) is 14.7 Å². The molecule has 0 saturated carbocycles. The molecule has 0 fully saturated rings. The van der Waals surface area contributed by atoms with Crippen LogP contribution >= 0.6 is 0 Å². The van der Waals surface area contributed by atoms with Crippen molar-refractivity contribution in [3.05, 3.63) is 115 Å². The summed E-state index contributed by atoms with van der Waals surface area (Å²) in [5.41, 5.74) is 16.0. The zero-order valence-electron chi connectivity index (χ0n) is 36.9. The molecule has 4 N–H and O–H groups in total. The van der Waals surface area contributed by atoms with Crippen LogP contribution in [0, 0.1) is 0 Å². The molecule has 4 aromatic carbocycles. The van der Waals surface area contributed by atoms with Crippen LogP contribution in [0.5, 0.6) is 17.2 Å². The van der Waals surface area contributed by atoms with Gasteiger partial charge in [-0.15, -0.1) is 10.2 Å². The zero-order valence-corrected chi connectivity index (χ0v) is 36.9. The Kier molecular flexibility index (Phi) is 12.5. The second kappa shape index (κ2) is 19.0. The van der Waals surface area contributed by atoms with Gasteiger partial charge in [0.1, 0.15) is 42.8 Å². The van der Waals surface area contributed by atoms with E-state index in [4.69, 9.17) is 23.7 Å². The Balaban J connectivity index is 0.750. The Bertz CT molecular complexity index is 2710. The highest BCUT2D eigenvalue weighted by Crippen LogP contribution is 2.49. The standard InChI is InChI=1S/C50H55N7O8/c1-31-52-54-48(55-53-31)32-10-13-36(14-11-32)64-27-26-63-25-24-62-23-22-61-21-16-51-49(58)35-12-15-37(40(30-35)50(59)60)43-41-28-33-6-2-17-56-19-4-8-38(44(33)56)46(41)65-47-39-9-5-20-57-18-3-7-34(45(39)57)29-42(43)47/h10-15,28-30,51H,2-9,16-27H2,1H3,(H2,58,59,60)/p+1. The van der Waals surface area contributed by atoms with Gasteiger partial charge in [-0.1, -0.05) is 6.07 Å². The van der Waals surface area contributed by atoms with Crippen molar-refractivity contribution in [2.45, 2.75) is 58.3 Å². The average molecular weight is 883 g/mol. The van der Waals surface area contributed by atoms with Crippen LogP contribution in [-0.2, 0) is 39.9 Å². The average Bonchev–Trinajstić information content (AvgIpc) is 3.33. The quantitative estimate of drug-likeness (QED) is 0.0792. The van der Waals surface area contributed by atoms with E-state index in [0.717, 1.165) is 117 Å². The molecule has 15 heteroatoms. The van der Waals surface area contributed by atoms with E-state index >= 15 is 0 Å². The van der Waals surface area contributed by atoms with Gasteiger partial charge in [-0.25, -0.2) is 9.37 Å². The van der Waals surface area contributed by atoms with Gasteiger partial charge >= 0.3 is 5.97 Å². The molecule has 338 valence electrons. The van der Waals surface area contributed by atoms with Gasteiger partial charge in [0.25, 0.3) is 5.91 Å². The first-order chi connectivity index (χ1) is 31.9. The molecule has 6 aliphatic rings. The van der Waals surface area contributed by atoms with Gasteiger partial charge in [0.15, 0.2) is 5.84 Å². The van der Waals surface area contributed by atoms with Crippen LogP contribution in [0.2, 0.25) is 0 Å². The summed E-state index contributed by atoms with van der Waals surface area (Å²) in [6, 6.07) is 17.2. The molecule has 4 aromatic rings. The molecule has 0 aliphatic carbocycles. The Morgan fingerprint density at radius 2 is 1.49 bits per heavy atom. The van der Waals surface area contributed by atoms with Gasteiger partial charge in [0, 0.05) is 76.8 Å². The predicted molar refractivity (Wildman–Crippen MR) is 246 cm³/mol. The highest BCUT2D eigenvalue weighted by molar-refractivity contribution is 6.03. The molecule has 0 aromatic heterocycles. The summed E-state index contributed by atoms with van der Waals surface area (Å²) < 4.78 is 32.4. The highest BCUT2D eigenvalue weighted by atomic mass is 16.6. The van der Waals surface area contributed by atoms with Crippen LogP contribution in [0.1, 0.15) is 92.3 Å². The van der Waals surface area contributed by atoms with Gasteiger partial charge in [-0.05, 0) is 105 Å². The fraction of sp³-hybridized carbons (Fsp3) is 0.420. The number of nitrogens with one attached hydrogen (secondary N) is 3. The van der Waals surface area contributed by atoms with Crippen molar-refractivity contribution in [2.75, 3.05) is 83.9 Å². The first-order valence-electron chi connectivity index (χ1n) is 23.1. The molecule has 6 heterocycles. The van der Waals surface area contributed by atoms with E-state index in [0.29, 0.717) is 56.9 Å². The Labute approximate surface area is 377 Å². The molecule has 1 amide bonds. The number of carboxylic acid groups (broad SMARTS) is 1. The topological polar surface area (TPSA) is 168 Å². The number of nitrogens with zero attached hydrogens (tertiary/aromatic N) is 4. The number of rotatable bonds is 17. The fourth-order valence-corrected chi connectivity index (χ4v) is 10.1. The van der Waals surface area contributed by atoms with Crippen molar-refractivity contribution < 1.29 is 38.4 Å². The molecular formula is C50H56N7O8+. The molecule has 0 radical (unpaired) electrons. The number of aryl methyl sites for hydroxylation is 2. The van der Waals surface area contributed by atoms with Crippen LogP contribution in [0.25, 0.3) is 5.57 Å². The Morgan fingerprint density at radius 1 is 0.769 bits per heavy atom. The van der Waals surface area contributed by atoms with Gasteiger partial charge in [0.2, 0.25) is 5.36 Å². The van der Waals surface area contributed by atoms with Crippen LogP contribution in [0.4, 0.5) is 5.69 Å². The number of carboxylic acids is 1. The number of ether oxygens (including phenoxy) is 5. The summed E-state index contributed by atoms with van der Waals surface area (Å²) in [6.45, 7) is 8.94. The summed E-state index contributed by atoms with van der Waals surface area (Å²) in [5, 5.41) is 24.1. The number of hydrazine groups is 1. The van der Waals surface area contributed by atoms with E-state index in [1.165, 1.54) is 39.4 Å². The molecule has 0 atom stereocenters. The third kappa shape index (κ3) is 8.79. The molecule has 10 rings (SSSR count). The zero-order chi connectivity index (χ0) is 44.3. The summed E-state index contributed by atoms with van der Waals surface area (Å²) in [7, 11) is 0. The molecule has 0 unspecified atom stereocenters. The third-order valence-electron chi connectivity index (χ3n) is 13.0. The minimum absolute atomic E-state index is 0.0929. The lowest BCUT2D eigenvalue weighted by Gasteiger charge is -2.39. The lowest BCUT2D eigenvalue weighted by atomic mass is 9.81. The number of benzene rings is 4. The predicted octanol–water partition coefficient (Wildman–Crippen LogP) is 3.87. The third-order valence-corrected chi connectivity index (χ3v) is 13.0. The second-order valence-corrected chi connectivity index (χ2v) is 17.3. The smallest absolute Gasteiger partial charge is 0.336 e. The fourth-order valence-electron chi connectivity index (χ4n) is 10.1. The van der Waals surface area contributed by atoms with Crippen molar-refractivity contribution in [3.63, 3.8) is 0 Å². The first kappa shape index (κ1) is 42.6. The van der Waals surface area contributed by atoms with Gasteiger partial charge in [-0.3, -0.25) is 15.6 Å². The van der Waals surface area contributed by atoms with Crippen molar-refractivity contribution in [1.29, 1.82) is 0 Å². The minimum atomic E-state index is -1.08. The van der Waals surface area contributed by atoms with Crippen molar-refractivity contribution >= 4 is 34.8 Å². The normalized spacial score (nSPS) is 16.7. The summed E-state index contributed by atoms with van der Waals surface area (Å²) in [6.07, 6.45) is 8.09. The Hall–Kier alpha value is -6.29. The first-order valence-corrected chi connectivity index (χ1v) is 23.1. The lowest BCUT2D eigenvalue weighted by molar-refractivity contribution is 0.00988. The number of hydrogen-bond acceptors (Lipinski definition) is 12. The van der Waals surface area contributed by atoms with Crippen LogP contribution in [0.15, 0.2) is 64.8 Å². The Morgan fingerprint density at radius 3 is 2.26 bits per heavy atom. The monoisotopic (exact) mass is 882 g/mol. The highest BCUT2D eigenvalue weighted by Gasteiger charge is 2.36. The number of amides is 1. The number of carbonyl (C=O) groups is 2. The number of hydrogen-bond donors (Lipinski definition) is 4. The van der Waals surface area contributed by atoms with Crippen molar-refractivity contribution in [1.82, 2.24) is 20.7 Å². The molecule has 6 aliphatic heterocycles. The minimum Gasteiger partial charge on any atom is -0.491 e. The van der Waals surface area contributed by atoms with Crippen LogP contribution in [-0.4, -0.2) is 108 Å². The second-order valence-electron chi connectivity index (χ2n) is 17.3. The van der Waals surface area contributed by atoms with Gasteiger partial charge in [0.05, 0.1) is 50.8 Å². The number of fused-ring (bicyclic) bond motifs is 4.